The number of hydrogen-bond acceptors (Lipinski definition) is 6. The van der Waals surface area contributed by atoms with Gasteiger partial charge in [0.2, 0.25) is 11.8 Å². The molecule has 33 heavy (non-hydrogen) atoms. The molecule has 0 aliphatic rings. The van der Waals surface area contributed by atoms with Crippen LogP contribution in [0, 0.1) is 5.82 Å². The highest BCUT2D eigenvalue weighted by atomic mass is 32.2. The fourth-order valence-corrected chi connectivity index (χ4v) is 4.06. The summed E-state index contributed by atoms with van der Waals surface area (Å²) < 4.78 is 15.1. The van der Waals surface area contributed by atoms with Gasteiger partial charge in [0, 0.05) is 16.6 Å². The Morgan fingerprint density at radius 3 is 2.42 bits per heavy atom. The molecule has 3 N–H and O–H groups in total. The van der Waals surface area contributed by atoms with Crippen molar-refractivity contribution < 1.29 is 14.0 Å². The van der Waals surface area contributed by atoms with Crippen molar-refractivity contribution in [2.24, 2.45) is 5.73 Å². The number of carbonyl (C=O) groups excluding carboxylic acids is 2. The van der Waals surface area contributed by atoms with E-state index >= 15 is 0 Å². The third-order valence-electron chi connectivity index (χ3n) is 4.91. The van der Waals surface area contributed by atoms with Crippen molar-refractivity contribution in [3.05, 3.63) is 71.8 Å². The summed E-state index contributed by atoms with van der Waals surface area (Å²) in [6.45, 7) is 4.03. The maximum atomic E-state index is 13.4. The van der Waals surface area contributed by atoms with E-state index in [1.807, 2.05) is 13.8 Å². The summed E-state index contributed by atoms with van der Waals surface area (Å²) in [5.74, 6) is -0.919. The van der Waals surface area contributed by atoms with Gasteiger partial charge in [-0.2, -0.15) is 10.2 Å². The second-order valence-electron chi connectivity index (χ2n) is 7.62. The Hall–Kier alpha value is -3.79. The van der Waals surface area contributed by atoms with Gasteiger partial charge in [-0.25, -0.2) is 9.07 Å². The quantitative estimate of drug-likeness (QED) is 0.401. The molecular weight excluding hydrogens is 443 g/mol. The zero-order chi connectivity index (χ0) is 23.5. The smallest absolute Gasteiger partial charge is 0.248 e. The molecule has 0 atom stereocenters. The van der Waals surface area contributed by atoms with E-state index in [-0.39, 0.29) is 23.4 Å². The van der Waals surface area contributed by atoms with Gasteiger partial charge in [0.05, 0.1) is 23.3 Å². The molecule has 0 unspecified atom stereocenters. The van der Waals surface area contributed by atoms with Crippen LogP contribution in [0.2, 0.25) is 0 Å². The van der Waals surface area contributed by atoms with Crippen molar-refractivity contribution in [2.75, 3.05) is 11.1 Å². The minimum absolute atomic E-state index is 0.0803. The molecule has 0 saturated heterocycles. The molecule has 10 heteroatoms. The number of nitrogens with one attached hydrogen (secondary N) is 1. The maximum Gasteiger partial charge on any atom is 0.248 e. The van der Waals surface area contributed by atoms with E-state index in [0.29, 0.717) is 27.5 Å². The molecule has 0 aliphatic carbocycles. The summed E-state index contributed by atoms with van der Waals surface area (Å²) >= 11 is 1.23. The van der Waals surface area contributed by atoms with Crippen LogP contribution in [0.1, 0.15) is 35.8 Å². The number of carbonyl (C=O) groups is 2. The number of anilines is 1. The Labute approximate surface area is 193 Å². The largest absolute Gasteiger partial charge is 0.366 e. The van der Waals surface area contributed by atoms with Gasteiger partial charge in [-0.3, -0.25) is 9.59 Å². The molecule has 2 amide bonds. The van der Waals surface area contributed by atoms with Crippen LogP contribution in [0.3, 0.4) is 0 Å². The van der Waals surface area contributed by atoms with Gasteiger partial charge >= 0.3 is 0 Å². The molecule has 168 valence electrons. The zero-order valence-corrected chi connectivity index (χ0v) is 18.8. The fraction of sp³-hybridized carbons (Fsp3) is 0.174. The van der Waals surface area contributed by atoms with Crippen LogP contribution in [-0.4, -0.2) is 37.5 Å². The number of fused-ring (bicyclic) bond motifs is 1. The van der Waals surface area contributed by atoms with Gasteiger partial charge in [-0.15, -0.1) is 5.10 Å². The summed E-state index contributed by atoms with van der Waals surface area (Å²) in [5.41, 5.74) is 8.33. The number of amides is 2. The Balaban J connectivity index is 1.59. The highest BCUT2D eigenvalue weighted by Crippen LogP contribution is 2.31. The van der Waals surface area contributed by atoms with Crippen LogP contribution in [0.5, 0.6) is 0 Å². The molecule has 2 aromatic heterocycles. The van der Waals surface area contributed by atoms with Crippen LogP contribution in [-0.2, 0) is 4.79 Å². The molecule has 0 fully saturated rings. The zero-order valence-electron chi connectivity index (χ0n) is 17.9. The number of aromatic nitrogens is 4. The molecule has 4 aromatic rings. The van der Waals surface area contributed by atoms with Crippen LogP contribution in [0.4, 0.5) is 10.1 Å². The lowest BCUT2D eigenvalue weighted by Gasteiger charge is -2.11. The third-order valence-corrected chi connectivity index (χ3v) is 5.86. The van der Waals surface area contributed by atoms with E-state index < -0.39 is 5.91 Å². The third kappa shape index (κ3) is 4.85. The van der Waals surface area contributed by atoms with Crippen molar-refractivity contribution >= 4 is 40.2 Å². The summed E-state index contributed by atoms with van der Waals surface area (Å²) in [4.78, 5) is 23.7. The molecule has 4 rings (SSSR count). The number of rotatable bonds is 7. The number of hydrogen-bond donors (Lipinski definition) is 2. The van der Waals surface area contributed by atoms with E-state index in [2.05, 4.69) is 20.6 Å². The predicted octanol–water partition coefficient (Wildman–Crippen LogP) is 3.91. The number of thioether (sulfide) groups is 1. The molecule has 0 radical (unpaired) electrons. The second kappa shape index (κ2) is 9.37. The van der Waals surface area contributed by atoms with Crippen LogP contribution >= 0.6 is 11.8 Å². The molecule has 0 aliphatic heterocycles. The van der Waals surface area contributed by atoms with Crippen LogP contribution < -0.4 is 11.1 Å². The van der Waals surface area contributed by atoms with Gasteiger partial charge < -0.3 is 11.1 Å². The first-order chi connectivity index (χ1) is 15.8. The van der Waals surface area contributed by atoms with Gasteiger partial charge in [0.25, 0.3) is 0 Å². The van der Waals surface area contributed by atoms with Crippen molar-refractivity contribution in [2.45, 2.75) is 24.8 Å². The predicted molar refractivity (Wildman–Crippen MR) is 125 cm³/mol. The van der Waals surface area contributed by atoms with Crippen molar-refractivity contribution in [1.29, 1.82) is 0 Å². The first kappa shape index (κ1) is 22.4. The van der Waals surface area contributed by atoms with Crippen molar-refractivity contribution in [3.8, 4) is 5.69 Å². The van der Waals surface area contributed by atoms with Gasteiger partial charge in [0.15, 0.2) is 0 Å². The minimum Gasteiger partial charge on any atom is -0.366 e. The number of primary amides is 1. The van der Waals surface area contributed by atoms with E-state index in [9.17, 15) is 14.0 Å². The highest BCUT2D eigenvalue weighted by molar-refractivity contribution is 8.00. The Kier molecular flexibility index (Phi) is 6.36. The number of benzene rings is 2. The topological polar surface area (TPSA) is 116 Å². The number of halogens is 1. The monoisotopic (exact) mass is 464 g/mol. The number of nitrogens with zero attached hydrogens (tertiary/aromatic N) is 4. The van der Waals surface area contributed by atoms with Crippen molar-refractivity contribution in [1.82, 2.24) is 20.0 Å². The minimum atomic E-state index is -0.534. The molecule has 8 nitrogen and oxygen atoms in total. The first-order valence-electron chi connectivity index (χ1n) is 10.2. The first-order valence-corrected chi connectivity index (χ1v) is 11.1. The van der Waals surface area contributed by atoms with Crippen molar-refractivity contribution in [3.63, 3.8) is 0 Å². The van der Waals surface area contributed by atoms with Gasteiger partial charge in [-0.05, 0) is 54.4 Å². The Bertz CT molecular complexity index is 1320. The lowest BCUT2D eigenvalue weighted by Crippen LogP contribution is -2.15. The highest BCUT2D eigenvalue weighted by Gasteiger charge is 2.19. The van der Waals surface area contributed by atoms with E-state index in [4.69, 9.17) is 5.73 Å². The summed E-state index contributed by atoms with van der Waals surface area (Å²) in [6, 6.07) is 12.3. The number of nitrogens with two attached hydrogens (primary N) is 1. The van der Waals surface area contributed by atoms with E-state index in [1.54, 1.807) is 47.3 Å². The fourth-order valence-electron chi connectivity index (χ4n) is 3.29. The van der Waals surface area contributed by atoms with Gasteiger partial charge in [0.1, 0.15) is 16.4 Å². The lowest BCUT2D eigenvalue weighted by atomic mass is 10.1. The van der Waals surface area contributed by atoms with Crippen LogP contribution in [0.15, 0.2) is 59.8 Å². The molecule has 0 spiro atoms. The molecule has 0 saturated carbocycles. The normalized spacial score (nSPS) is 11.2. The summed E-state index contributed by atoms with van der Waals surface area (Å²) in [5, 5.41) is 17.3. The maximum absolute atomic E-state index is 13.4. The average molecular weight is 465 g/mol. The van der Waals surface area contributed by atoms with Gasteiger partial charge in [-0.1, -0.05) is 25.6 Å². The SMILES string of the molecule is CC(C)c1nnc(SCC(=O)Nc2ccc(C(N)=O)cc2)c2c1cnn2-c1ccc(F)cc1. The second-order valence-corrected chi connectivity index (χ2v) is 8.58. The standard InChI is InChI=1S/C23H21FN6O2S/c1-13(2)20-18-11-26-30(17-9-5-15(24)6-10-17)21(18)23(29-28-20)33-12-19(31)27-16-7-3-14(4-8-16)22(25)32/h3-11,13H,12H2,1-2H3,(H2,25,32)(H,27,31). The lowest BCUT2D eigenvalue weighted by molar-refractivity contribution is -0.113. The summed E-state index contributed by atoms with van der Waals surface area (Å²) in [7, 11) is 0. The van der Waals surface area contributed by atoms with E-state index in [0.717, 1.165) is 11.1 Å². The molecule has 2 aromatic carbocycles. The Morgan fingerprint density at radius 2 is 1.79 bits per heavy atom. The molecule has 2 heterocycles. The van der Waals surface area contributed by atoms with E-state index in [1.165, 1.54) is 23.9 Å². The average Bonchev–Trinajstić information content (AvgIpc) is 3.23. The summed E-state index contributed by atoms with van der Waals surface area (Å²) in [6.07, 6.45) is 1.72. The van der Waals surface area contributed by atoms with Crippen LogP contribution in [0.25, 0.3) is 16.6 Å². The molecular formula is C23H21FN6O2S. The molecule has 0 bridgehead atoms. The Morgan fingerprint density at radius 1 is 1.09 bits per heavy atom.